The van der Waals surface area contributed by atoms with Crippen LogP contribution < -0.4 is 10.9 Å². The number of non-ortho nitro benzene ring substituents is 1. The molecule has 0 saturated heterocycles. The van der Waals surface area contributed by atoms with Gasteiger partial charge in [0.15, 0.2) is 0 Å². The van der Waals surface area contributed by atoms with Crippen LogP contribution in [0.2, 0.25) is 0 Å². The maximum Gasteiger partial charge on any atom is 0.269 e. The van der Waals surface area contributed by atoms with Crippen molar-refractivity contribution < 1.29 is 15.1 Å². The van der Waals surface area contributed by atoms with Gasteiger partial charge in [-0.25, -0.2) is 0 Å². The van der Waals surface area contributed by atoms with E-state index in [0.717, 1.165) is 0 Å². The van der Waals surface area contributed by atoms with Gasteiger partial charge in [-0.05, 0) is 12.1 Å². The summed E-state index contributed by atoms with van der Waals surface area (Å²) in [5.41, 5.74) is 6.45. The summed E-state index contributed by atoms with van der Waals surface area (Å²) in [6.45, 7) is 0. The molecule has 3 rings (SSSR count). The van der Waals surface area contributed by atoms with E-state index in [4.69, 9.17) is 0 Å². The first-order valence-corrected chi connectivity index (χ1v) is 6.76. The fourth-order valence-electron chi connectivity index (χ4n) is 2.24. The molecule has 23 heavy (non-hydrogen) atoms. The zero-order chi connectivity index (χ0) is 16.4. The van der Waals surface area contributed by atoms with Gasteiger partial charge >= 0.3 is 0 Å². The number of hydrazine groups is 1. The lowest BCUT2D eigenvalue weighted by Crippen LogP contribution is -2.08. The summed E-state index contributed by atoms with van der Waals surface area (Å²) in [5, 5.41) is 32.0. The van der Waals surface area contributed by atoms with Gasteiger partial charge in [-0.3, -0.25) is 15.5 Å². The number of phenolic OH excluding ortho intramolecular Hbond substituents is 2. The standard InChI is InChI=1S/C16H13N3O4/c20-15-9-14(16(21)13-4-2-1-3-12(13)15)18-17-10-5-7-11(8-6-10)19(22)23/h1-9,17-18,20-21H. The van der Waals surface area contributed by atoms with Gasteiger partial charge in [-0.1, -0.05) is 24.3 Å². The molecule has 0 aliphatic rings. The number of benzene rings is 3. The van der Waals surface area contributed by atoms with Crippen molar-refractivity contribution in [2.75, 3.05) is 10.9 Å². The fraction of sp³-hybridized carbons (Fsp3) is 0. The van der Waals surface area contributed by atoms with E-state index in [9.17, 15) is 20.3 Å². The maximum absolute atomic E-state index is 10.6. The number of fused-ring (bicyclic) bond motifs is 1. The molecule has 0 radical (unpaired) electrons. The number of rotatable bonds is 4. The minimum absolute atomic E-state index is 0.00666. The Morgan fingerprint density at radius 1 is 0.913 bits per heavy atom. The minimum Gasteiger partial charge on any atom is -0.507 e. The van der Waals surface area contributed by atoms with Crippen molar-refractivity contribution in [3.8, 4) is 11.5 Å². The molecule has 0 aromatic heterocycles. The second kappa shape index (κ2) is 5.72. The van der Waals surface area contributed by atoms with Crippen LogP contribution in [0.4, 0.5) is 17.1 Å². The summed E-state index contributed by atoms with van der Waals surface area (Å²) in [5.74, 6) is 0.0270. The van der Waals surface area contributed by atoms with Crippen molar-refractivity contribution in [1.82, 2.24) is 0 Å². The molecule has 0 aliphatic heterocycles. The summed E-state index contributed by atoms with van der Waals surface area (Å²) in [4.78, 5) is 10.1. The van der Waals surface area contributed by atoms with Crippen LogP contribution in [0.5, 0.6) is 11.5 Å². The Bertz CT molecular complexity index is 878. The molecular weight excluding hydrogens is 298 g/mol. The molecule has 0 aliphatic carbocycles. The smallest absolute Gasteiger partial charge is 0.269 e. The van der Waals surface area contributed by atoms with E-state index in [1.165, 1.54) is 30.3 Å². The van der Waals surface area contributed by atoms with E-state index in [1.54, 1.807) is 24.3 Å². The molecule has 0 heterocycles. The van der Waals surface area contributed by atoms with Gasteiger partial charge in [-0.2, -0.15) is 0 Å². The second-order valence-corrected chi connectivity index (χ2v) is 4.89. The first-order chi connectivity index (χ1) is 11.1. The van der Waals surface area contributed by atoms with Crippen molar-refractivity contribution in [2.45, 2.75) is 0 Å². The van der Waals surface area contributed by atoms with Crippen LogP contribution in [0.1, 0.15) is 0 Å². The molecule has 116 valence electrons. The Morgan fingerprint density at radius 2 is 1.57 bits per heavy atom. The maximum atomic E-state index is 10.6. The lowest BCUT2D eigenvalue weighted by Gasteiger charge is -2.13. The van der Waals surface area contributed by atoms with Crippen LogP contribution in [-0.4, -0.2) is 15.1 Å². The van der Waals surface area contributed by atoms with Gasteiger partial charge < -0.3 is 15.6 Å². The van der Waals surface area contributed by atoms with Gasteiger partial charge in [0.2, 0.25) is 0 Å². The van der Waals surface area contributed by atoms with Crippen molar-refractivity contribution in [2.24, 2.45) is 0 Å². The molecule has 7 heteroatoms. The van der Waals surface area contributed by atoms with Crippen LogP contribution >= 0.6 is 0 Å². The molecule has 3 aromatic carbocycles. The monoisotopic (exact) mass is 311 g/mol. The molecule has 0 spiro atoms. The van der Waals surface area contributed by atoms with E-state index >= 15 is 0 Å². The molecule has 4 N–H and O–H groups in total. The number of nitro groups is 1. The van der Waals surface area contributed by atoms with Gasteiger partial charge in [0.25, 0.3) is 5.69 Å². The first-order valence-electron chi connectivity index (χ1n) is 6.76. The molecule has 0 bridgehead atoms. The Morgan fingerprint density at radius 3 is 2.22 bits per heavy atom. The molecule has 0 fully saturated rings. The summed E-state index contributed by atoms with van der Waals surface area (Å²) in [7, 11) is 0. The number of nitrogens with one attached hydrogen (secondary N) is 2. The summed E-state index contributed by atoms with van der Waals surface area (Å²) in [6.07, 6.45) is 0. The lowest BCUT2D eigenvalue weighted by molar-refractivity contribution is -0.384. The van der Waals surface area contributed by atoms with E-state index < -0.39 is 4.92 Å². The molecular formula is C16H13N3O4. The van der Waals surface area contributed by atoms with Gasteiger partial charge in [0, 0.05) is 29.0 Å². The van der Waals surface area contributed by atoms with Crippen molar-refractivity contribution >= 4 is 27.8 Å². The largest absolute Gasteiger partial charge is 0.507 e. The normalized spacial score (nSPS) is 10.4. The first kappa shape index (κ1) is 14.5. The van der Waals surface area contributed by atoms with Crippen LogP contribution in [0.25, 0.3) is 10.8 Å². The number of hydrogen-bond donors (Lipinski definition) is 4. The SMILES string of the molecule is O=[N+]([O-])c1ccc(NNc2cc(O)c3ccccc3c2O)cc1. The molecule has 0 atom stereocenters. The highest BCUT2D eigenvalue weighted by Gasteiger charge is 2.10. The number of nitrogens with zero attached hydrogens (tertiary/aromatic N) is 1. The van der Waals surface area contributed by atoms with E-state index in [1.807, 2.05) is 0 Å². The van der Waals surface area contributed by atoms with Crippen LogP contribution in [-0.2, 0) is 0 Å². The number of aromatic hydroxyl groups is 2. The number of phenols is 2. The average molecular weight is 311 g/mol. The molecule has 0 amide bonds. The number of nitro benzene ring substituents is 1. The van der Waals surface area contributed by atoms with E-state index in [2.05, 4.69) is 10.9 Å². The Kier molecular flexibility index (Phi) is 3.60. The quantitative estimate of drug-likeness (QED) is 0.254. The van der Waals surface area contributed by atoms with Crippen LogP contribution in [0, 0.1) is 10.1 Å². The predicted molar refractivity (Wildman–Crippen MR) is 87.6 cm³/mol. The molecule has 0 unspecified atom stereocenters. The van der Waals surface area contributed by atoms with Gasteiger partial charge in [-0.15, -0.1) is 0 Å². The van der Waals surface area contributed by atoms with Crippen LogP contribution in [0.3, 0.4) is 0 Å². The van der Waals surface area contributed by atoms with Crippen LogP contribution in [0.15, 0.2) is 54.6 Å². The molecule has 3 aromatic rings. The zero-order valence-corrected chi connectivity index (χ0v) is 11.9. The fourth-order valence-corrected chi connectivity index (χ4v) is 2.24. The topological polar surface area (TPSA) is 108 Å². The number of hydrogen-bond acceptors (Lipinski definition) is 6. The Balaban J connectivity index is 1.84. The van der Waals surface area contributed by atoms with Crippen molar-refractivity contribution in [3.05, 3.63) is 64.7 Å². The molecule has 0 saturated carbocycles. The predicted octanol–water partition coefficient (Wildman–Crippen LogP) is 3.60. The summed E-state index contributed by atoms with van der Waals surface area (Å²) >= 11 is 0. The van der Waals surface area contributed by atoms with Crippen molar-refractivity contribution in [1.29, 1.82) is 0 Å². The van der Waals surface area contributed by atoms with Gasteiger partial charge in [0.1, 0.15) is 17.2 Å². The highest BCUT2D eigenvalue weighted by Crippen LogP contribution is 2.38. The third-order valence-electron chi connectivity index (χ3n) is 3.41. The average Bonchev–Trinajstić information content (AvgIpc) is 2.57. The van der Waals surface area contributed by atoms with E-state index in [-0.39, 0.29) is 17.2 Å². The Labute approximate surface area is 130 Å². The van der Waals surface area contributed by atoms with Crippen molar-refractivity contribution in [3.63, 3.8) is 0 Å². The highest BCUT2D eigenvalue weighted by molar-refractivity contribution is 5.97. The third-order valence-corrected chi connectivity index (χ3v) is 3.41. The summed E-state index contributed by atoms with van der Waals surface area (Å²) < 4.78 is 0. The van der Waals surface area contributed by atoms with Gasteiger partial charge in [0.05, 0.1) is 10.6 Å². The second-order valence-electron chi connectivity index (χ2n) is 4.89. The van der Waals surface area contributed by atoms with E-state index in [0.29, 0.717) is 22.1 Å². The zero-order valence-electron chi connectivity index (χ0n) is 11.9. The summed E-state index contributed by atoms with van der Waals surface area (Å²) in [6, 6.07) is 14.1. The number of anilines is 2. The highest BCUT2D eigenvalue weighted by atomic mass is 16.6. The lowest BCUT2D eigenvalue weighted by atomic mass is 10.1. The minimum atomic E-state index is -0.482. The third kappa shape index (κ3) is 2.80. The molecule has 7 nitrogen and oxygen atoms in total. The Hall–Kier alpha value is -3.48.